The van der Waals surface area contributed by atoms with Crippen molar-refractivity contribution in [1.29, 1.82) is 0 Å². The van der Waals surface area contributed by atoms with Gasteiger partial charge in [0.1, 0.15) is 0 Å². The minimum Gasteiger partial charge on any atom is -0.268 e. The van der Waals surface area contributed by atoms with Crippen LogP contribution in [0.4, 0.5) is 16.4 Å². The summed E-state index contributed by atoms with van der Waals surface area (Å²) >= 11 is 0. The van der Waals surface area contributed by atoms with E-state index in [0.29, 0.717) is 0 Å². The maximum atomic E-state index is 12.2. The van der Waals surface area contributed by atoms with E-state index < -0.39 is 28.1 Å². The third kappa shape index (κ3) is 0.760. The van der Waals surface area contributed by atoms with Crippen molar-refractivity contribution in [2.45, 2.75) is 18.5 Å². The fourth-order valence-corrected chi connectivity index (χ4v) is 6.98. The van der Waals surface area contributed by atoms with E-state index in [1.165, 1.54) is 6.92 Å². The van der Waals surface area contributed by atoms with E-state index in [0.717, 1.165) is 0 Å². The lowest BCUT2D eigenvalue weighted by Gasteiger charge is -2.36. The fourth-order valence-electron chi connectivity index (χ4n) is 0.878. The molecule has 0 nitrogen and oxygen atoms in total. The van der Waals surface area contributed by atoms with Crippen LogP contribution in [0.2, 0.25) is 11.6 Å². The van der Waals surface area contributed by atoms with Crippen LogP contribution >= 0.6 is 0 Å². The highest BCUT2D eigenvalue weighted by atomic mass is 29.3. The molecule has 0 radical (unpaired) electrons. The Morgan fingerprint density at radius 2 is 1.67 bits per heavy atom. The van der Waals surface area contributed by atoms with Crippen LogP contribution < -0.4 is 0 Å². The minimum absolute atomic E-state index is 0.480. The Labute approximate surface area is 52.4 Å². The summed E-state index contributed by atoms with van der Waals surface area (Å²) in [6, 6.07) is -0.480. The third-order valence-electron chi connectivity index (χ3n) is 1.67. The van der Waals surface area contributed by atoms with E-state index in [9.17, 15) is 16.4 Å². The van der Waals surface area contributed by atoms with Gasteiger partial charge in [0.2, 0.25) is 0 Å². The fraction of sp³-hybridized carbons (Fsp3) is 1.00. The molecule has 1 atom stereocenters. The summed E-state index contributed by atoms with van der Waals surface area (Å²) in [5.41, 5.74) is -0.959. The highest BCUT2D eigenvalue weighted by Gasteiger charge is 2.77. The van der Waals surface area contributed by atoms with Gasteiger partial charge in [0.05, 0.1) is 0 Å². The van der Waals surface area contributed by atoms with Gasteiger partial charge in [0.15, 0.2) is 0 Å². The summed E-state index contributed by atoms with van der Waals surface area (Å²) in [6.07, 6.45) is 0. The Morgan fingerprint density at radius 3 is 1.67 bits per heavy atom. The molecule has 1 fully saturated rings. The molecule has 1 aliphatic heterocycles. The zero-order valence-corrected chi connectivity index (χ0v) is 6.80. The first-order chi connectivity index (χ1) is 3.88. The number of hydrogen-bond acceptors (Lipinski definition) is 0. The van der Waals surface area contributed by atoms with Crippen molar-refractivity contribution < 1.29 is 16.4 Å². The van der Waals surface area contributed by atoms with Gasteiger partial charge in [-0.15, -0.1) is 0 Å². The molecule has 0 saturated carbocycles. The SMILES string of the molecule is C[C@@H]1C[Si](F)(F)[Si]1(F)F. The van der Waals surface area contributed by atoms with Gasteiger partial charge in [-0.1, -0.05) is 6.92 Å². The molecule has 0 spiro atoms. The second kappa shape index (κ2) is 1.60. The third-order valence-corrected chi connectivity index (χ3v) is 10.6. The van der Waals surface area contributed by atoms with Gasteiger partial charge in [-0.25, -0.2) is 0 Å². The first-order valence-corrected chi connectivity index (χ1v) is 7.43. The monoisotopic (exact) mass is 174 g/mol. The predicted molar refractivity (Wildman–Crippen MR) is 30.2 cm³/mol. The molecule has 1 rings (SSSR count). The lowest BCUT2D eigenvalue weighted by atomic mass is 10.6. The Bertz CT molecular complexity index is 134. The van der Waals surface area contributed by atoms with Gasteiger partial charge < -0.3 is 0 Å². The number of hydrogen-bond donors (Lipinski definition) is 0. The van der Waals surface area contributed by atoms with Gasteiger partial charge >= 0.3 is 16.5 Å². The van der Waals surface area contributed by atoms with E-state index in [1.807, 2.05) is 0 Å². The molecule has 0 unspecified atom stereocenters. The molecule has 0 aliphatic carbocycles. The maximum absolute atomic E-state index is 12.2. The van der Waals surface area contributed by atoms with Crippen LogP contribution in [0.15, 0.2) is 0 Å². The molecule has 0 amide bonds. The number of rotatable bonds is 0. The van der Waals surface area contributed by atoms with Crippen molar-refractivity contribution in [3.63, 3.8) is 0 Å². The zero-order valence-electron chi connectivity index (χ0n) is 4.80. The molecular formula is C3H6F4Si2. The normalized spacial score (nSPS) is 37.7. The summed E-state index contributed by atoms with van der Waals surface area (Å²) in [6.45, 7) is 1.22. The van der Waals surface area contributed by atoms with E-state index in [1.54, 1.807) is 0 Å². The second-order valence-electron chi connectivity index (χ2n) is 2.43. The van der Waals surface area contributed by atoms with Crippen LogP contribution in [-0.4, -0.2) is 16.5 Å². The summed E-state index contributed by atoms with van der Waals surface area (Å²) in [5, 5.41) is 0. The van der Waals surface area contributed by atoms with Crippen molar-refractivity contribution in [2.24, 2.45) is 0 Å². The van der Waals surface area contributed by atoms with Crippen molar-refractivity contribution in [3.05, 3.63) is 0 Å². The quantitative estimate of drug-likeness (QED) is 0.300. The molecule has 6 heteroatoms. The molecule has 54 valence electrons. The standard InChI is InChI=1S/C3H6F4Si2/c1-3-2-8(4,5)9(3,6)7/h3H,2H2,1H3/t3-/m1/s1. The van der Waals surface area contributed by atoms with E-state index >= 15 is 0 Å². The first kappa shape index (κ1) is 7.26. The Kier molecular flexibility index (Phi) is 1.29. The Balaban J connectivity index is 2.70. The van der Waals surface area contributed by atoms with Crippen molar-refractivity contribution in [1.82, 2.24) is 0 Å². The summed E-state index contributed by atoms with van der Waals surface area (Å²) in [4.78, 5) is 0. The number of halogens is 4. The van der Waals surface area contributed by atoms with E-state index in [4.69, 9.17) is 0 Å². The molecule has 1 aliphatic rings. The Hall–Kier alpha value is 0.154. The van der Waals surface area contributed by atoms with Crippen LogP contribution in [0.1, 0.15) is 6.92 Å². The highest BCUT2D eigenvalue weighted by Crippen LogP contribution is 2.52. The largest absolute Gasteiger partial charge is 0.479 e. The lowest BCUT2D eigenvalue weighted by Crippen LogP contribution is -2.64. The van der Waals surface area contributed by atoms with Gasteiger partial charge in [0, 0.05) is 11.6 Å². The molecule has 0 aromatic heterocycles. The Morgan fingerprint density at radius 1 is 1.22 bits per heavy atom. The van der Waals surface area contributed by atoms with Crippen LogP contribution in [-0.2, 0) is 0 Å². The topological polar surface area (TPSA) is 0 Å². The predicted octanol–water partition coefficient (Wildman–Crippen LogP) is 2.23. The van der Waals surface area contributed by atoms with Crippen LogP contribution in [0.5, 0.6) is 0 Å². The van der Waals surface area contributed by atoms with Crippen LogP contribution in [0.25, 0.3) is 0 Å². The summed E-state index contributed by atoms with van der Waals surface area (Å²) < 4.78 is 48.4. The van der Waals surface area contributed by atoms with E-state index in [-0.39, 0.29) is 0 Å². The second-order valence-corrected chi connectivity index (χ2v) is 10.7. The average Bonchev–Trinajstić information content (AvgIpc) is 1.65. The highest BCUT2D eigenvalue weighted by molar-refractivity contribution is 7.36. The molecule has 1 heterocycles. The van der Waals surface area contributed by atoms with E-state index in [2.05, 4.69) is 0 Å². The van der Waals surface area contributed by atoms with Crippen LogP contribution in [0, 0.1) is 0 Å². The minimum atomic E-state index is -4.98. The van der Waals surface area contributed by atoms with Crippen molar-refractivity contribution in [3.8, 4) is 0 Å². The van der Waals surface area contributed by atoms with Crippen molar-refractivity contribution >= 4 is 16.5 Å². The molecule has 0 aromatic rings. The lowest BCUT2D eigenvalue weighted by molar-refractivity contribution is 0.484. The maximum Gasteiger partial charge on any atom is 0.479 e. The molecule has 0 N–H and O–H groups in total. The van der Waals surface area contributed by atoms with Gasteiger partial charge in [-0.3, -0.25) is 16.4 Å². The smallest absolute Gasteiger partial charge is 0.268 e. The molecular weight excluding hydrogens is 168 g/mol. The molecule has 0 bridgehead atoms. The zero-order chi connectivity index (χ0) is 7.28. The van der Waals surface area contributed by atoms with Gasteiger partial charge in [-0.05, 0) is 0 Å². The van der Waals surface area contributed by atoms with Gasteiger partial charge in [-0.2, -0.15) is 0 Å². The molecule has 0 aromatic carbocycles. The molecule has 9 heavy (non-hydrogen) atoms. The molecule has 1 saturated heterocycles. The van der Waals surface area contributed by atoms with Gasteiger partial charge in [0.25, 0.3) is 0 Å². The van der Waals surface area contributed by atoms with Crippen molar-refractivity contribution in [2.75, 3.05) is 0 Å². The average molecular weight is 174 g/mol. The summed E-state index contributed by atoms with van der Waals surface area (Å²) in [7, 11) is -9.91. The first-order valence-electron chi connectivity index (χ1n) is 2.63. The summed E-state index contributed by atoms with van der Waals surface area (Å²) in [5.74, 6) is 0. The van der Waals surface area contributed by atoms with Crippen LogP contribution in [0.3, 0.4) is 0 Å².